The zero-order valence-electron chi connectivity index (χ0n) is 21.8. The number of fused-ring (bicyclic) bond motifs is 1. The Kier molecular flexibility index (Phi) is 10.2. The van der Waals surface area contributed by atoms with Gasteiger partial charge in [0.2, 0.25) is 28.6 Å². The minimum Gasteiger partial charge on any atom is -0.454 e. The van der Waals surface area contributed by atoms with Gasteiger partial charge < -0.3 is 19.7 Å². The van der Waals surface area contributed by atoms with Crippen molar-refractivity contribution in [2.24, 2.45) is 0 Å². The van der Waals surface area contributed by atoms with E-state index in [1.165, 1.54) is 11.8 Å². The minimum absolute atomic E-state index is 0.0524. The summed E-state index contributed by atoms with van der Waals surface area (Å²) in [6.45, 7) is 5.86. The molecule has 0 spiro atoms. The van der Waals surface area contributed by atoms with Crippen LogP contribution >= 0.6 is 0 Å². The van der Waals surface area contributed by atoms with Crippen LogP contribution in [-0.4, -0.2) is 63.4 Å². The Morgan fingerprint density at radius 1 is 1.03 bits per heavy atom. The number of benzene rings is 2. The predicted molar refractivity (Wildman–Crippen MR) is 143 cm³/mol. The van der Waals surface area contributed by atoms with E-state index in [0.717, 1.165) is 22.7 Å². The molecular formula is C27H37N3O6S. The number of rotatable bonds is 14. The van der Waals surface area contributed by atoms with E-state index in [2.05, 4.69) is 5.32 Å². The number of nitrogens with one attached hydrogen (secondary N) is 1. The molecule has 0 unspecified atom stereocenters. The standard InChI is InChI=1S/C27H37N3O6S/c1-4-7-16-28-27(32)23(5-2)29(17-15-21-11-9-8-10-12-21)26(31)19-30(37(33,34)6-3)22-13-14-24-25(18-22)36-20-35-24/h8-14,18,23H,4-7,15-17,19-20H2,1-3H3,(H,28,32)/t23-/m1/s1. The molecule has 2 aromatic rings. The van der Waals surface area contributed by atoms with Crippen molar-refractivity contribution < 1.29 is 27.5 Å². The number of hydrogen-bond acceptors (Lipinski definition) is 6. The molecule has 10 heteroatoms. The van der Waals surface area contributed by atoms with E-state index >= 15 is 0 Å². The Morgan fingerprint density at radius 2 is 1.76 bits per heavy atom. The molecule has 0 saturated carbocycles. The molecule has 3 rings (SSSR count). The number of sulfonamides is 1. The Balaban J connectivity index is 1.89. The molecule has 2 aromatic carbocycles. The van der Waals surface area contributed by atoms with Crippen molar-refractivity contribution in [1.29, 1.82) is 0 Å². The second-order valence-electron chi connectivity index (χ2n) is 8.84. The van der Waals surface area contributed by atoms with Gasteiger partial charge in [0.15, 0.2) is 11.5 Å². The summed E-state index contributed by atoms with van der Waals surface area (Å²) in [7, 11) is -3.81. The van der Waals surface area contributed by atoms with E-state index in [4.69, 9.17) is 9.47 Å². The lowest BCUT2D eigenvalue weighted by Crippen LogP contribution is -2.53. The Morgan fingerprint density at radius 3 is 2.43 bits per heavy atom. The quantitative estimate of drug-likeness (QED) is 0.375. The molecule has 1 N–H and O–H groups in total. The van der Waals surface area contributed by atoms with E-state index in [0.29, 0.717) is 36.6 Å². The predicted octanol–water partition coefficient (Wildman–Crippen LogP) is 3.34. The average Bonchev–Trinajstić information content (AvgIpc) is 3.38. The van der Waals surface area contributed by atoms with Crippen LogP contribution in [-0.2, 0) is 26.0 Å². The van der Waals surface area contributed by atoms with Crippen molar-refractivity contribution >= 4 is 27.5 Å². The van der Waals surface area contributed by atoms with Crippen molar-refractivity contribution in [3.63, 3.8) is 0 Å². The molecule has 0 bridgehead atoms. The molecule has 37 heavy (non-hydrogen) atoms. The highest BCUT2D eigenvalue weighted by Gasteiger charge is 2.32. The van der Waals surface area contributed by atoms with E-state index in [1.54, 1.807) is 18.2 Å². The monoisotopic (exact) mass is 531 g/mol. The van der Waals surface area contributed by atoms with Crippen molar-refractivity contribution in [2.45, 2.75) is 52.5 Å². The largest absolute Gasteiger partial charge is 0.454 e. The molecular weight excluding hydrogens is 494 g/mol. The van der Waals surface area contributed by atoms with Gasteiger partial charge in [0.25, 0.3) is 0 Å². The van der Waals surface area contributed by atoms with Gasteiger partial charge in [0.05, 0.1) is 11.4 Å². The number of carbonyl (C=O) groups is 2. The summed E-state index contributed by atoms with van der Waals surface area (Å²) in [5, 5.41) is 2.93. The smallest absolute Gasteiger partial charge is 0.244 e. The molecule has 1 aliphatic rings. The van der Waals surface area contributed by atoms with Crippen LogP contribution in [0.25, 0.3) is 0 Å². The second-order valence-corrected chi connectivity index (χ2v) is 11.0. The van der Waals surface area contributed by atoms with Crippen molar-refractivity contribution in [1.82, 2.24) is 10.2 Å². The van der Waals surface area contributed by atoms with Crippen LogP contribution in [0.1, 0.15) is 45.6 Å². The molecule has 2 amide bonds. The third kappa shape index (κ3) is 7.38. The molecule has 9 nitrogen and oxygen atoms in total. The second kappa shape index (κ2) is 13.3. The summed E-state index contributed by atoms with van der Waals surface area (Å²) in [6, 6.07) is 13.8. The summed E-state index contributed by atoms with van der Waals surface area (Å²) in [4.78, 5) is 28.4. The average molecular weight is 532 g/mol. The van der Waals surface area contributed by atoms with Crippen LogP contribution in [0.15, 0.2) is 48.5 Å². The number of nitrogens with zero attached hydrogens (tertiary/aromatic N) is 2. The summed E-state index contributed by atoms with van der Waals surface area (Å²) in [5.41, 5.74) is 1.33. The third-order valence-electron chi connectivity index (χ3n) is 6.32. The lowest BCUT2D eigenvalue weighted by molar-refractivity contribution is -0.139. The zero-order valence-corrected chi connectivity index (χ0v) is 22.6. The van der Waals surface area contributed by atoms with E-state index in [1.807, 2.05) is 44.2 Å². The highest BCUT2D eigenvalue weighted by Crippen LogP contribution is 2.36. The number of hydrogen-bond donors (Lipinski definition) is 1. The molecule has 202 valence electrons. The maximum Gasteiger partial charge on any atom is 0.244 e. The SMILES string of the molecule is CCCCNC(=O)[C@@H](CC)N(CCc1ccccc1)C(=O)CN(c1ccc2c(c1)OCO2)S(=O)(=O)CC. The number of amides is 2. The van der Waals surface area contributed by atoms with Crippen LogP contribution in [0.2, 0.25) is 0 Å². The molecule has 0 aromatic heterocycles. The van der Waals surface area contributed by atoms with Gasteiger partial charge in [-0.05, 0) is 43.9 Å². The van der Waals surface area contributed by atoms with Gasteiger partial charge in [-0.2, -0.15) is 0 Å². The fourth-order valence-electron chi connectivity index (χ4n) is 4.16. The van der Waals surface area contributed by atoms with Crippen molar-refractivity contribution in [3.05, 3.63) is 54.1 Å². The first-order valence-electron chi connectivity index (χ1n) is 12.8. The first-order valence-corrected chi connectivity index (χ1v) is 14.4. The lowest BCUT2D eigenvalue weighted by Gasteiger charge is -2.33. The van der Waals surface area contributed by atoms with E-state index < -0.39 is 28.5 Å². The van der Waals surface area contributed by atoms with Gasteiger partial charge in [-0.3, -0.25) is 13.9 Å². The van der Waals surface area contributed by atoms with Gasteiger partial charge in [0.1, 0.15) is 12.6 Å². The first-order chi connectivity index (χ1) is 17.8. The summed E-state index contributed by atoms with van der Waals surface area (Å²) in [5.74, 6) is 0.0774. The van der Waals surface area contributed by atoms with Crippen LogP contribution < -0.4 is 19.1 Å². The third-order valence-corrected chi connectivity index (χ3v) is 8.06. The maximum absolute atomic E-state index is 13.8. The molecule has 0 fully saturated rings. The van der Waals surface area contributed by atoms with Crippen LogP contribution in [0.3, 0.4) is 0 Å². The van der Waals surface area contributed by atoms with Gasteiger partial charge in [0, 0.05) is 19.2 Å². The van der Waals surface area contributed by atoms with Crippen molar-refractivity contribution in [2.75, 3.05) is 36.5 Å². The minimum atomic E-state index is -3.81. The van der Waals surface area contributed by atoms with Crippen molar-refractivity contribution in [3.8, 4) is 11.5 Å². The van der Waals surface area contributed by atoms with Crippen LogP contribution in [0.4, 0.5) is 5.69 Å². The van der Waals surface area contributed by atoms with Crippen LogP contribution in [0, 0.1) is 0 Å². The number of ether oxygens (including phenoxy) is 2. The fraction of sp³-hybridized carbons (Fsp3) is 0.481. The highest BCUT2D eigenvalue weighted by molar-refractivity contribution is 7.92. The van der Waals surface area contributed by atoms with E-state index in [9.17, 15) is 18.0 Å². The normalized spacial score (nSPS) is 13.2. The van der Waals surface area contributed by atoms with Crippen LogP contribution in [0.5, 0.6) is 11.5 Å². The number of unbranched alkanes of at least 4 members (excludes halogenated alkanes) is 1. The van der Waals surface area contributed by atoms with Gasteiger partial charge in [-0.15, -0.1) is 0 Å². The maximum atomic E-state index is 13.8. The Labute approximate surface area is 219 Å². The number of carbonyl (C=O) groups excluding carboxylic acids is 2. The van der Waals surface area contributed by atoms with E-state index in [-0.39, 0.29) is 25.0 Å². The Bertz CT molecular complexity index is 1160. The van der Waals surface area contributed by atoms with Gasteiger partial charge in [-0.25, -0.2) is 8.42 Å². The van der Waals surface area contributed by atoms with Gasteiger partial charge >= 0.3 is 0 Å². The summed E-state index contributed by atoms with van der Waals surface area (Å²) < 4.78 is 38.0. The molecule has 0 saturated heterocycles. The Hall–Kier alpha value is -3.27. The molecule has 1 atom stereocenters. The number of anilines is 1. The van der Waals surface area contributed by atoms with Gasteiger partial charge in [-0.1, -0.05) is 50.6 Å². The molecule has 1 heterocycles. The molecule has 0 radical (unpaired) electrons. The highest BCUT2D eigenvalue weighted by atomic mass is 32.2. The lowest BCUT2D eigenvalue weighted by atomic mass is 10.1. The topological polar surface area (TPSA) is 105 Å². The molecule has 0 aliphatic carbocycles. The first kappa shape index (κ1) is 28.3. The fourth-order valence-corrected chi connectivity index (χ4v) is 5.22. The molecule has 1 aliphatic heterocycles. The summed E-state index contributed by atoms with van der Waals surface area (Å²) in [6.07, 6.45) is 2.72. The zero-order chi connectivity index (χ0) is 26.8. The summed E-state index contributed by atoms with van der Waals surface area (Å²) >= 11 is 0.